The van der Waals surface area contributed by atoms with E-state index < -0.39 is 29.3 Å². The molecule has 0 aliphatic carbocycles. The zero-order valence-electron chi connectivity index (χ0n) is 19.1. The Kier molecular flexibility index (Phi) is 7.53. The number of hydrogen-bond donors (Lipinski definition) is 2. The number of carbonyl (C=O) groups excluding carboxylic acids is 1. The molecule has 2 heterocycles. The Morgan fingerprint density at radius 2 is 1.67 bits per heavy atom. The van der Waals surface area contributed by atoms with E-state index in [4.69, 9.17) is 4.74 Å². The Morgan fingerprint density at radius 3 is 2.28 bits per heavy atom. The number of nitrogens with zero attached hydrogens (tertiary/aromatic N) is 1. The van der Waals surface area contributed by atoms with E-state index in [0.717, 1.165) is 28.8 Å². The lowest BCUT2D eigenvalue weighted by Gasteiger charge is -2.43. The van der Waals surface area contributed by atoms with Crippen LogP contribution in [0.1, 0.15) is 24.5 Å². The van der Waals surface area contributed by atoms with E-state index in [2.05, 4.69) is 20.1 Å². The highest BCUT2D eigenvalue weighted by molar-refractivity contribution is 5.98. The maximum atomic E-state index is 12.9. The van der Waals surface area contributed by atoms with Crippen LogP contribution >= 0.6 is 0 Å². The summed E-state index contributed by atoms with van der Waals surface area (Å²) in [6, 6.07) is 8.88. The first-order valence-electron chi connectivity index (χ1n) is 11.1. The van der Waals surface area contributed by atoms with Crippen molar-refractivity contribution >= 4 is 17.4 Å². The minimum atomic E-state index is -1.03. The molecule has 2 bridgehead atoms. The summed E-state index contributed by atoms with van der Waals surface area (Å²) < 4.78 is 43.4. The van der Waals surface area contributed by atoms with Gasteiger partial charge in [-0.2, -0.15) is 0 Å². The third-order valence-corrected chi connectivity index (χ3v) is 6.31. The van der Waals surface area contributed by atoms with E-state index >= 15 is 0 Å². The summed E-state index contributed by atoms with van der Waals surface area (Å²) >= 11 is 0. The summed E-state index contributed by atoms with van der Waals surface area (Å²) in [5.41, 5.74) is 2.57. The summed E-state index contributed by atoms with van der Waals surface area (Å²) in [7, 11) is 0. The van der Waals surface area contributed by atoms with Crippen LogP contribution < -0.4 is 24.9 Å². The van der Waals surface area contributed by atoms with Crippen LogP contribution in [0.15, 0.2) is 42.0 Å². The van der Waals surface area contributed by atoms with Crippen molar-refractivity contribution in [1.82, 2.24) is 10.2 Å². The minimum absolute atomic E-state index is 0.0370. The highest BCUT2D eigenvalue weighted by Crippen LogP contribution is 2.45. The quantitative estimate of drug-likeness (QED) is 0.530. The van der Waals surface area contributed by atoms with E-state index in [9.17, 15) is 28.3 Å². The van der Waals surface area contributed by atoms with Gasteiger partial charge in [-0.05, 0) is 35.3 Å². The fourth-order valence-electron chi connectivity index (χ4n) is 4.62. The molecule has 9 nitrogen and oxygen atoms in total. The molecule has 0 radical (unpaired) electrons. The lowest BCUT2D eigenvalue weighted by molar-refractivity contribution is -0.135. The van der Waals surface area contributed by atoms with Crippen LogP contribution in [0.4, 0.5) is 13.6 Å². The molecule has 2 aromatic rings. The maximum Gasteiger partial charge on any atom is 0.333 e. The largest absolute Gasteiger partial charge is 0.489 e. The maximum absolute atomic E-state index is 12.9. The predicted octanol–water partition coefficient (Wildman–Crippen LogP) is 3.53. The van der Waals surface area contributed by atoms with Crippen molar-refractivity contribution in [2.24, 2.45) is 0 Å². The smallest absolute Gasteiger partial charge is 0.333 e. The molecule has 2 aromatic carbocycles. The van der Waals surface area contributed by atoms with E-state index in [1.807, 2.05) is 24.3 Å². The second-order valence-corrected chi connectivity index (χ2v) is 8.49. The number of carboxylic acid groups (broad SMARTS) is 1. The molecule has 1 fully saturated rings. The fourth-order valence-corrected chi connectivity index (χ4v) is 4.62. The Balaban J connectivity index is 1.47. The molecule has 12 heteroatoms. The zero-order chi connectivity index (χ0) is 25.8. The molecular formula is C24H23F3N2O7. The molecule has 0 saturated carbocycles. The molecule has 4 rings (SSSR count). The van der Waals surface area contributed by atoms with Gasteiger partial charge >= 0.3 is 5.97 Å². The monoisotopic (exact) mass is 508 g/mol. The lowest BCUT2D eigenvalue weighted by atomic mass is 9.83. The molecule has 2 aliphatic rings. The van der Waals surface area contributed by atoms with Crippen LogP contribution in [0, 0.1) is 0 Å². The number of fused-ring (bicyclic) bond motifs is 2. The number of rotatable bonds is 9. The zero-order valence-corrected chi connectivity index (χ0v) is 19.1. The van der Waals surface area contributed by atoms with Crippen LogP contribution in [0.5, 0.6) is 23.0 Å². The molecule has 0 aromatic heterocycles. The first kappa shape index (κ1) is 25.2. The van der Waals surface area contributed by atoms with E-state index in [1.165, 1.54) is 6.92 Å². The van der Waals surface area contributed by atoms with Crippen molar-refractivity contribution < 1.29 is 47.8 Å². The minimum Gasteiger partial charge on any atom is -0.489 e. The number of carboxylic acids is 1. The van der Waals surface area contributed by atoms with Gasteiger partial charge in [0.05, 0.1) is 18.2 Å². The number of benzene rings is 2. The van der Waals surface area contributed by atoms with Gasteiger partial charge < -0.3 is 20.1 Å². The first-order chi connectivity index (χ1) is 17.4. The summed E-state index contributed by atoms with van der Waals surface area (Å²) in [6.07, 6.45) is 0.832. The molecule has 1 amide bonds. The van der Waals surface area contributed by atoms with E-state index in [1.54, 1.807) is 4.90 Å². The standard InChI is InChI=1S/C24H23F3N2O7/c1-13(30)29-11-16-10-17(21(24(31)32)18(12-29)28-16)15-4-2-14(3-5-15)8-9-33-19-6-7-20(34-25)23(36-27)22(19)35-26/h2-7,16,18,28H,8-12H2,1H3,(H,31,32). The van der Waals surface area contributed by atoms with Crippen molar-refractivity contribution in [1.29, 1.82) is 0 Å². The van der Waals surface area contributed by atoms with Gasteiger partial charge in [0, 0.05) is 46.1 Å². The second-order valence-electron chi connectivity index (χ2n) is 8.49. The number of amides is 1. The number of piperazine rings is 1. The third-order valence-electron chi connectivity index (χ3n) is 6.31. The SMILES string of the molecule is CC(=O)N1CC2CC(c3ccc(CCOc4ccc(OF)c(OF)c4OF)cc3)=C(C(=O)O)C(C1)N2. The average Bonchev–Trinajstić information content (AvgIpc) is 2.87. The Hall–Kier alpha value is -3.93. The summed E-state index contributed by atoms with van der Waals surface area (Å²) in [5.74, 6) is -3.82. The molecule has 2 aliphatic heterocycles. The van der Waals surface area contributed by atoms with Gasteiger partial charge in [-0.15, -0.1) is 0 Å². The normalized spacial score (nSPS) is 19.1. The van der Waals surface area contributed by atoms with Gasteiger partial charge in [0.1, 0.15) is 0 Å². The highest BCUT2D eigenvalue weighted by atomic mass is 19.3. The summed E-state index contributed by atoms with van der Waals surface area (Å²) in [6.45, 7) is 2.32. The first-order valence-corrected chi connectivity index (χ1v) is 11.1. The van der Waals surface area contributed by atoms with Crippen molar-refractivity contribution in [3.8, 4) is 23.0 Å². The fraction of sp³-hybridized carbons (Fsp3) is 0.333. The molecule has 36 heavy (non-hydrogen) atoms. The Morgan fingerprint density at radius 1 is 1.00 bits per heavy atom. The number of aliphatic carboxylic acids is 1. The second kappa shape index (κ2) is 10.8. The highest BCUT2D eigenvalue weighted by Gasteiger charge is 2.39. The van der Waals surface area contributed by atoms with Crippen molar-refractivity contribution in [2.45, 2.75) is 31.8 Å². The van der Waals surface area contributed by atoms with Crippen LogP contribution in [0.25, 0.3) is 5.57 Å². The van der Waals surface area contributed by atoms with Crippen molar-refractivity contribution in [2.75, 3.05) is 19.7 Å². The van der Waals surface area contributed by atoms with Crippen LogP contribution in [-0.2, 0) is 16.0 Å². The van der Waals surface area contributed by atoms with Gasteiger partial charge in [-0.1, -0.05) is 24.3 Å². The van der Waals surface area contributed by atoms with Crippen LogP contribution in [0.2, 0.25) is 0 Å². The molecular weight excluding hydrogens is 485 g/mol. The predicted molar refractivity (Wildman–Crippen MR) is 119 cm³/mol. The third kappa shape index (κ3) is 5.03. The van der Waals surface area contributed by atoms with Crippen LogP contribution in [0.3, 0.4) is 0 Å². The Bertz CT molecular complexity index is 1170. The topological polar surface area (TPSA) is 107 Å². The molecule has 2 unspecified atom stereocenters. The molecule has 2 N–H and O–H groups in total. The van der Waals surface area contributed by atoms with Gasteiger partial charge in [-0.3, -0.25) is 19.6 Å². The molecule has 0 spiro atoms. The molecule has 1 saturated heterocycles. The van der Waals surface area contributed by atoms with Gasteiger partial charge in [0.15, 0.2) is 5.75 Å². The number of hydrogen-bond acceptors (Lipinski definition) is 7. The summed E-state index contributed by atoms with van der Waals surface area (Å²) in [5, 5.41) is 13.2. The average molecular weight is 508 g/mol. The number of nitrogens with one attached hydrogen (secondary N) is 1. The number of ether oxygens (including phenoxy) is 1. The molecule has 2 atom stereocenters. The van der Waals surface area contributed by atoms with E-state index in [0.29, 0.717) is 25.9 Å². The van der Waals surface area contributed by atoms with E-state index in [-0.39, 0.29) is 29.9 Å². The van der Waals surface area contributed by atoms with Gasteiger partial charge in [-0.25, -0.2) is 4.79 Å². The lowest BCUT2D eigenvalue weighted by Crippen LogP contribution is -2.61. The number of halogens is 3. The summed E-state index contributed by atoms with van der Waals surface area (Å²) in [4.78, 5) is 36.0. The van der Waals surface area contributed by atoms with Crippen LogP contribution in [-0.4, -0.2) is 53.7 Å². The number of carbonyl (C=O) groups is 2. The molecule has 192 valence electrons. The van der Waals surface area contributed by atoms with Crippen molar-refractivity contribution in [3.05, 3.63) is 53.1 Å². The van der Waals surface area contributed by atoms with Crippen molar-refractivity contribution in [3.63, 3.8) is 0 Å². The van der Waals surface area contributed by atoms with Gasteiger partial charge in [0.25, 0.3) is 11.5 Å². The van der Waals surface area contributed by atoms with Gasteiger partial charge in [0.2, 0.25) is 11.7 Å². The Labute approximate surface area is 203 Å².